The van der Waals surface area contributed by atoms with Crippen LogP contribution in [0.5, 0.6) is 0 Å². The van der Waals surface area contributed by atoms with Crippen LogP contribution in [0.4, 0.5) is 4.39 Å². The number of benzene rings is 1. The van der Waals surface area contributed by atoms with Gasteiger partial charge in [-0.15, -0.1) is 0 Å². The fourth-order valence-electron chi connectivity index (χ4n) is 1.28. The molecule has 2 aromatic rings. The minimum absolute atomic E-state index is 0.349. The average Bonchev–Trinajstić information content (AvgIpc) is 2.49. The normalized spacial score (nSPS) is 10.7. The number of hydrogen-bond donors (Lipinski definition) is 1. The molecule has 1 aromatic heterocycles. The van der Waals surface area contributed by atoms with Crippen molar-refractivity contribution in [2.45, 2.75) is 6.92 Å². The van der Waals surface area contributed by atoms with E-state index in [0.29, 0.717) is 16.3 Å². The maximum Gasteiger partial charge on any atom is 0.124 e. The van der Waals surface area contributed by atoms with Gasteiger partial charge in [0, 0.05) is 11.3 Å². The van der Waals surface area contributed by atoms with Crippen LogP contribution >= 0.6 is 27.5 Å². The minimum atomic E-state index is -0.355. The molecule has 1 N–H and O–H groups in total. The highest BCUT2D eigenvalue weighted by atomic mass is 79.9. The Morgan fingerprint density at radius 3 is 2.73 bits per heavy atom. The van der Waals surface area contributed by atoms with E-state index in [2.05, 4.69) is 26.1 Å². The van der Waals surface area contributed by atoms with Crippen molar-refractivity contribution in [3.8, 4) is 11.3 Å². The lowest BCUT2D eigenvalue weighted by Crippen LogP contribution is -1.83. The molecule has 2 rings (SSSR count). The molecule has 0 aliphatic rings. The molecule has 0 atom stereocenters. The van der Waals surface area contributed by atoms with Crippen LogP contribution < -0.4 is 0 Å². The maximum absolute atomic E-state index is 12.8. The lowest BCUT2D eigenvalue weighted by Gasteiger charge is -2.01. The van der Waals surface area contributed by atoms with E-state index in [1.807, 2.05) is 6.92 Å². The van der Waals surface area contributed by atoms with Crippen molar-refractivity contribution < 1.29 is 4.39 Å². The van der Waals surface area contributed by atoms with E-state index in [9.17, 15) is 4.39 Å². The van der Waals surface area contributed by atoms with Crippen molar-refractivity contribution in [3.63, 3.8) is 0 Å². The minimum Gasteiger partial charge on any atom is -0.281 e. The van der Waals surface area contributed by atoms with Crippen LogP contribution in [0.25, 0.3) is 11.3 Å². The van der Waals surface area contributed by atoms with Gasteiger partial charge in [-0.05, 0) is 41.1 Å². The Hall–Kier alpha value is -0.870. The predicted molar refractivity (Wildman–Crippen MR) is 61.4 cm³/mol. The van der Waals surface area contributed by atoms with E-state index in [1.165, 1.54) is 12.1 Å². The number of H-pyrrole nitrogens is 1. The summed E-state index contributed by atoms with van der Waals surface area (Å²) in [4.78, 5) is 0. The summed E-state index contributed by atoms with van der Waals surface area (Å²) in [6, 6.07) is 4.24. The zero-order chi connectivity index (χ0) is 11.0. The van der Waals surface area contributed by atoms with Gasteiger partial charge in [-0.25, -0.2) is 4.39 Å². The van der Waals surface area contributed by atoms with Crippen molar-refractivity contribution in [1.29, 1.82) is 0 Å². The molecule has 0 radical (unpaired) electrons. The number of nitrogens with zero attached hydrogens (tertiary/aromatic N) is 1. The Kier molecular flexibility index (Phi) is 2.80. The SMILES string of the molecule is Cc1[nH]nc(-c2ccc(F)cc2Cl)c1Br. The third-order valence-corrected chi connectivity index (χ3v) is 3.34. The summed E-state index contributed by atoms with van der Waals surface area (Å²) in [6.45, 7) is 1.89. The molecule has 0 saturated heterocycles. The molecule has 1 heterocycles. The van der Waals surface area contributed by atoms with Crippen LogP contribution in [0.3, 0.4) is 0 Å². The summed E-state index contributed by atoms with van der Waals surface area (Å²) in [7, 11) is 0. The largest absolute Gasteiger partial charge is 0.281 e. The molecule has 1 aromatic carbocycles. The smallest absolute Gasteiger partial charge is 0.124 e. The van der Waals surface area contributed by atoms with Crippen molar-refractivity contribution >= 4 is 27.5 Å². The molecule has 0 saturated carbocycles. The monoisotopic (exact) mass is 288 g/mol. The fourth-order valence-corrected chi connectivity index (χ4v) is 1.92. The van der Waals surface area contributed by atoms with Gasteiger partial charge in [-0.1, -0.05) is 11.6 Å². The second-order valence-corrected chi connectivity index (χ2v) is 4.34. The highest BCUT2D eigenvalue weighted by Crippen LogP contribution is 2.33. The summed E-state index contributed by atoms with van der Waals surface area (Å²) in [5, 5.41) is 7.27. The number of nitrogens with one attached hydrogen (secondary N) is 1. The predicted octanol–water partition coefficient (Wildman–Crippen LogP) is 3.94. The Morgan fingerprint density at radius 1 is 1.47 bits per heavy atom. The first-order valence-corrected chi connectivity index (χ1v) is 5.42. The second-order valence-electron chi connectivity index (χ2n) is 3.14. The lowest BCUT2D eigenvalue weighted by molar-refractivity contribution is 0.628. The Labute approximate surface area is 99.6 Å². The summed E-state index contributed by atoms with van der Waals surface area (Å²) in [5.41, 5.74) is 2.30. The van der Waals surface area contributed by atoms with Gasteiger partial charge in [0.1, 0.15) is 11.5 Å². The number of rotatable bonds is 1. The molecular weight excluding hydrogens is 282 g/mol. The Morgan fingerprint density at radius 2 is 2.20 bits per heavy atom. The summed E-state index contributed by atoms with van der Waals surface area (Å²) in [6.07, 6.45) is 0. The van der Waals surface area contributed by atoms with E-state index in [1.54, 1.807) is 6.07 Å². The molecule has 15 heavy (non-hydrogen) atoms. The van der Waals surface area contributed by atoms with E-state index in [-0.39, 0.29) is 5.82 Å². The Bertz CT molecular complexity index is 510. The number of aromatic amines is 1. The average molecular weight is 290 g/mol. The molecule has 0 aliphatic heterocycles. The van der Waals surface area contributed by atoms with Crippen LogP contribution in [0.2, 0.25) is 5.02 Å². The van der Waals surface area contributed by atoms with E-state index < -0.39 is 0 Å². The first kappa shape index (κ1) is 10.6. The molecule has 0 unspecified atom stereocenters. The van der Waals surface area contributed by atoms with Gasteiger partial charge in [-0.3, -0.25) is 5.10 Å². The molecule has 78 valence electrons. The van der Waals surface area contributed by atoms with Crippen LogP contribution in [-0.2, 0) is 0 Å². The zero-order valence-electron chi connectivity index (χ0n) is 7.81. The van der Waals surface area contributed by atoms with Crippen LogP contribution in [-0.4, -0.2) is 10.2 Å². The molecule has 2 nitrogen and oxygen atoms in total. The molecule has 0 fully saturated rings. The maximum atomic E-state index is 12.8. The van der Waals surface area contributed by atoms with E-state index in [0.717, 1.165) is 10.2 Å². The Balaban J connectivity index is 2.59. The molecule has 5 heteroatoms. The first-order valence-electron chi connectivity index (χ1n) is 4.25. The van der Waals surface area contributed by atoms with Crippen LogP contribution in [0.15, 0.2) is 22.7 Å². The summed E-state index contributed by atoms with van der Waals surface area (Å²) in [5.74, 6) is -0.355. The van der Waals surface area contributed by atoms with Gasteiger partial charge in [0.2, 0.25) is 0 Å². The quantitative estimate of drug-likeness (QED) is 0.846. The second kappa shape index (κ2) is 3.94. The lowest BCUT2D eigenvalue weighted by atomic mass is 10.1. The van der Waals surface area contributed by atoms with Crippen LogP contribution in [0, 0.1) is 12.7 Å². The molecule has 0 bridgehead atoms. The summed E-state index contributed by atoms with van der Waals surface area (Å²) >= 11 is 9.32. The molecular formula is C10H7BrClFN2. The first-order chi connectivity index (χ1) is 7.09. The van der Waals surface area contributed by atoms with Crippen molar-refractivity contribution in [3.05, 3.63) is 39.2 Å². The van der Waals surface area contributed by atoms with Gasteiger partial charge in [0.15, 0.2) is 0 Å². The highest BCUT2D eigenvalue weighted by molar-refractivity contribution is 9.10. The van der Waals surface area contributed by atoms with Crippen molar-refractivity contribution in [1.82, 2.24) is 10.2 Å². The van der Waals surface area contributed by atoms with E-state index in [4.69, 9.17) is 11.6 Å². The molecule has 0 aliphatic carbocycles. The third kappa shape index (κ3) is 1.92. The number of hydrogen-bond acceptors (Lipinski definition) is 1. The van der Waals surface area contributed by atoms with Gasteiger partial charge in [0.25, 0.3) is 0 Å². The van der Waals surface area contributed by atoms with Crippen molar-refractivity contribution in [2.75, 3.05) is 0 Å². The number of halogens is 3. The topological polar surface area (TPSA) is 28.7 Å². The highest BCUT2D eigenvalue weighted by Gasteiger charge is 2.12. The van der Waals surface area contributed by atoms with Gasteiger partial charge >= 0.3 is 0 Å². The van der Waals surface area contributed by atoms with Gasteiger partial charge in [0.05, 0.1) is 9.50 Å². The third-order valence-electron chi connectivity index (χ3n) is 2.06. The van der Waals surface area contributed by atoms with Gasteiger partial charge in [-0.2, -0.15) is 5.10 Å². The van der Waals surface area contributed by atoms with Crippen molar-refractivity contribution in [2.24, 2.45) is 0 Å². The van der Waals surface area contributed by atoms with Crippen LogP contribution in [0.1, 0.15) is 5.69 Å². The summed E-state index contributed by atoms with van der Waals surface area (Å²) < 4.78 is 13.7. The fraction of sp³-hybridized carbons (Fsp3) is 0.100. The van der Waals surface area contributed by atoms with Gasteiger partial charge < -0.3 is 0 Å². The molecule has 0 spiro atoms. The molecule has 0 amide bonds. The number of aryl methyl sites for hydroxylation is 1. The van der Waals surface area contributed by atoms with E-state index >= 15 is 0 Å². The standard InChI is InChI=1S/C10H7BrClFN2/c1-5-9(11)10(15-14-5)7-3-2-6(13)4-8(7)12/h2-4H,1H3,(H,14,15). The number of aromatic nitrogens is 2. The zero-order valence-corrected chi connectivity index (χ0v) is 10.2.